The van der Waals surface area contributed by atoms with E-state index in [4.69, 9.17) is 0 Å². The van der Waals surface area contributed by atoms with Gasteiger partial charge in [0.2, 0.25) is 6.54 Å². The molecule has 2 heterocycles. The quantitative estimate of drug-likeness (QED) is 0.584. The van der Waals surface area contributed by atoms with Crippen LogP contribution >= 0.6 is 0 Å². The second-order valence-electron chi connectivity index (χ2n) is 4.80. The van der Waals surface area contributed by atoms with E-state index in [0.717, 1.165) is 25.9 Å². The zero-order valence-corrected chi connectivity index (χ0v) is 10.2. The Kier molecular flexibility index (Phi) is 3.93. The van der Waals surface area contributed by atoms with Gasteiger partial charge in [-0.15, -0.1) is 0 Å². The van der Waals surface area contributed by atoms with Gasteiger partial charge >= 0.3 is 0 Å². The van der Waals surface area contributed by atoms with Crippen molar-refractivity contribution in [2.75, 3.05) is 26.2 Å². The summed E-state index contributed by atoms with van der Waals surface area (Å²) in [6.45, 7) is 1.47. The van der Waals surface area contributed by atoms with Crippen LogP contribution in [0.4, 0.5) is 0 Å². The first-order valence-electron chi connectivity index (χ1n) is 6.16. The fourth-order valence-corrected chi connectivity index (χ4v) is 2.42. The monoisotopic (exact) mass is 254 g/mol. The van der Waals surface area contributed by atoms with Crippen LogP contribution in [0.15, 0.2) is 12.4 Å². The first-order chi connectivity index (χ1) is 8.60. The normalized spacial score (nSPS) is 20.5. The van der Waals surface area contributed by atoms with Crippen LogP contribution in [0.25, 0.3) is 0 Å². The molecule has 0 radical (unpaired) electrons. The summed E-state index contributed by atoms with van der Waals surface area (Å²) in [5.41, 5.74) is -1.54. The number of nitrogens with one attached hydrogen (secondary N) is 1. The number of aromatic nitrogens is 2. The van der Waals surface area contributed by atoms with Crippen LogP contribution in [0.1, 0.15) is 25.1 Å². The van der Waals surface area contributed by atoms with Gasteiger partial charge in [-0.3, -0.25) is 15.0 Å². The molecule has 7 nitrogen and oxygen atoms in total. The summed E-state index contributed by atoms with van der Waals surface area (Å²) in [6.07, 6.45) is 6.40. The number of rotatable bonds is 5. The van der Waals surface area contributed by atoms with E-state index in [1.807, 2.05) is 0 Å². The molecule has 1 saturated heterocycles. The van der Waals surface area contributed by atoms with E-state index in [0.29, 0.717) is 0 Å². The molecule has 0 bridgehead atoms. The Labute approximate surface area is 105 Å². The van der Waals surface area contributed by atoms with Crippen molar-refractivity contribution in [3.05, 3.63) is 28.3 Å². The molecule has 0 saturated carbocycles. The molecule has 1 fully saturated rings. The van der Waals surface area contributed by atoms with Crippen molar-refractivity contribution in [2.24, 2.45) is 0 Å². The maximum atomic E-state index is 10.7. The number of β-amino-alcohol motifs (C(OH)–C–C–N with tert-alkyl or cyclic N) is 1. The molecule has 2 rings (SSSR count). The Morgan fingerprint density at radius 2 is 2.22 bits per heavy atom. The Morgan fingerprint density at radius 1 is 1.50 bits per heavy atom. The predicted molar refractivity (Wildman–Crippen MR) is 64.6 cm³/mol. The molecule has 1 aromatic heterocycles. The SMILES string of the molecule is O=[N+]([O-])CC(O)(CN1CCCCC1)c1ncc[nH]1. The van der Waals surface area contributed by atoms with E-state index in [2.05, 4.69) is 14.9 Å². The third-order valence-electron chi connectivity index (χ3n) is 3.26. The highest BCUT2D eigenvalue weighted by Gasteiger charge is 2.39. The second-order valence-corrected chi connectivity index (χ2v) is 4.80. The molecule has 7 heteroatoms. The van der Waals surface area contributed by atoms with Crippen molar-refractivity contribution in [3.63, 3.8) is 0 Å². The lowest BCUT2D eigenvalue weighted by molar-refractivity contribution is -0.503. The Bertz CT molecular complexity index is 389. The molecule has 18 heavy (non-hydrogen) atoms. The minimum absolute atomic E-state index is 0.251. The highest BCUT2D eigenvalue weighted by molar-refractivity contribution is 5.03. The number of piperidine rings is 1. The first kappa shape index (κ1) is 13.0. The number of nitrogens with zero attached hydrogens (tertiary/aromatic N) is 3. The molecule has 2 N–H and O–H groups in total. The Balaban J connectivity index is 2.11. The summed E-state index contributed by atoms with van der Waals surface area (Å²) >= 11 is 0. The number of H-pyrrole nitrogens is 1. The maximum absolute atomic E-state index is 10.7. The third-order valence-corrected chi connectivity index (χ3v) is 3.26. The molecule has 0 aromatic carbocycles. The van der Waals surface area contributed by atoms with Crippen LogP contribution in [-0.4, -0.2) is 51.1 Å². The lowest BCUT2D eigenvalue weighted by Gasteiger charge is -2.32. The summed E-state index contributed by atoms with van der Waals surface area (Å²) in [5, 5.41) is 21.3. The van der Waals surface area contributed by atoms with E-state index in [9.17, 15) is 15.2 Å². The number of likely N-dealkylation sites (tertiary alicyclic amines) is 1. The standard InChI is InChI=1S/C11H18N4O3/c16-11(9-15(17)18,10-12-4-5-13-10)8-14-6-2-1-3-7-14/h4-5,16H,1-3,6-9H2,(H,12,13). The van der Waals surface area contributed by atoms with Crippen LogP contribution < -0.4 is 0 Å². The van der Waals surface area contributed by atoms with Crippen molar-refractivity contribution in [3.8, 4) is 0 Å². The van der Waals surface area contributed by atoms with E-state index in [1.54, 1.807) is 6.20 Å². The number of hydrogen-bond donors (Lipinski definition) is 2. The summed E-state index contributed by atoms with van der Waals surface area (Å²) in [6, 6.07) is 0. The van der Waals surface area contributed by atoms with Gasteiger partial charge in [0.15, 0.2) is 5.60 Å². The molecule has 1 aromatic rings. The molecule has 0 spiro atoms. The van der Waals surface area contributed by atoms with Crippen LogP contribution in [0.3, 0.4) is 0 Å². The van der Waals surface area contributed by atoms with Crippen molar-refractivity contribution in [1.82, 2.24) is 14.9 Å². The number of aromatic amines is 1. The smallest absolute Gasteiger partial charge is 0.240 e. The summed E-state index contributed by atoms with van der Waals surface area (Å²) in [7, 11) is 0. The second kappa shape index (κ2) is 5.45. The first-order valence-corrected chi connectivity index (χ1v) is 6.16. The van der Waals surface area contributed by atoms with E-state index >= 15 is 0 Å². The average molecular weight is 254 g/mol. The molecule has 100 valence electrons. The number of nitro groups is 1. The number of aliphatic hydroxyl groups is 1. The van der Waals surface area contributed by atoms with Gasteiger partial charge in [0.25, 0.3) is 0 Å². The highest BCUT2D eigenvalue weighted by Crippen LogP contribution is 2.21. The average Bonchev–Trinajstić information content (AvgIpc) is 2.83. The minimum Gasteiger partial charge on any atom is -0.375 e. The Morgan fingerprint density at radius 3 is 2.78 bits per heavy atom. The minimum atomic E-state index is -1.54. The topological polar surface area (TPSA) is 95.3 Å². The molecular weight excluding hydrogens is 236 g/mol. The zero-order valence-electron chi connectivity index (χ0n) is 10.2. The highest BCUT2D eigenvalue weighted by atomic mass is 16.6. The fourth-order valence-electron chi connectivity index (χ4n) is 2.42. The van der Waals surface area contributed by atoms with Crippen LogP contribution in [0.5, 0.6) is 0 Å². The van der Waals surface area contributed by atoms with Gasteiger partial charge in [-0.1, -0.05) is 6.42 Å². The van der Waals surface area contributed by atoms with Crippen molar-refractivity contribution < 1.29 is 10.0 Å². The molecule has 1 aliphatic rings. The summed E-state index contributed by atoms with van der Waals surface area (Å²) in [5.74, 6) is 0.268. The molecular formula is C11H18N4O3. The lowest BCUT2D eigenvalue weighted by atomic mass is 10.0. The zero-order chi connectivity index (χ0) is 13.0. The number of hydrogen-bond acceptors (Lipinski definition) is 5. The van der Waals surface area contributed by atoms with Gasteiger partial charge < -0.3 is 10.1 Å². The largest absolute Gasteiger partial charge is 0.375 e. The Hall–Kier alpha value is -1.47. The van der Waals surface area contributed by atoms with Gasteiger partial charge in [0.05, 0.1) is 0 Å². The lowest BCUT2D eigenvalue weighted by Crippen LogP contribution is -2.47. The van der Waals surface area contributed by atoms with Crippen molar-refractivity contribution in [1.29, 1.82) is 0 Å². The van der Waals surface area contributed by atoms with E-state index in [-0.39, 0.29) is 12.4 Å². The van der Waals surface area contributed by atoms with Crippen LogP contribution in [-0.2, 0) is 5.60 Å². The summed E-state index contributed by atoms with van der Waals surface area (Å²) in [4.78, 5) is 19.1. The van der Waals surface area contributed by atoms with Crippen molar-refractivity contribution in [2.45, 2.75) is 24.9 Å². The van der Waals surface area contributed by atoms with Gasteiger partial charge in [-0.2, -0.15) is 0 Å². The predicted octanol–water partition coefficient (Wildman–Crippen LogP) is 0.360. The molecule has 1 atom stereocenters. The van der Waals surface area contributed by atoms with Crippen LogP contribution in [0.2, 0.25) is 0 Å². The summed E-state index contributed by atoms with van der Waals surface area (Å²) < 4.78 is 0. The van der Waals surface area contributed by atoms with Gasteiger partial charge in [0, 0.05) is 23.9 Å². The van der Waals surface area contributed by atoms with Gasteiger partial charge in [0.1, 0.15) is 5.82 Å². The molecule has 0 aliphatic carbocycles. The molecule has 0 amide bonds. The maximum Gasteiger partial charge on any atom is 0.240 e. The van der Waals surface area contributed by atoms with Crippen molar-refractivity contribution >= 4 is 0 Å². The molecule has 1 aliphatic heterocycles. The van der Waals surface area contributed by atoms with Gasteiger partial charge in [-0.05, 0) is 25.9 Å². The van der Waals surface area contributed by atoms with E-state index < -0.39 is 17.1 Å². The number of imidazole rings is 1. The van der Waals surface area contributed by atoms with Gasteiger partial charge in [-0.25, -0.2) is 4.98 Å². The fraction of sp³-hybridized carbons (Fsp3) is 0.727. The van der Waals surface area contributed by atoms with Crippen LogP contribution in [0, 0.1) is 10.1 Å². The van der Waals surface area contributed by atoms with E-state index in [1.165, 1.54) is 12.6 Å². The third kappa shape index (κ3) is 3.05. The molecule has 1 unspecified atom stereocenters.